The highest BCUT2D eigenvalue weighted by atomic mass is 15.2. The fourth-order valence-corrected chi connectivity index (χ4v) is 1.97. The smallest absolute Gasteiger partial charge is 0.0684 e. The molecule has 1 aliphatic heterocycles. The molecule has 0 aromatic rings. The quantitative estimate of drug-likeness (QED) is 0.667. The van der Waals surface area contributed by atoms with Crippen molar-refractivity contribution in [2.75, 3.05) is 6.54 Å². The first kappa shape index (κ1) is 10.5. The lowest BCUT2D eigenvalue weighted by Gasteiger charge is -2.46. The van der Waals surface area contributed by atoms with Crippen LogP contribution in [-0.2, 0) is 0 Å². The molecule has 74 valence electrons. The van der Waals surface area contributed by atoms with Crippen molar-refractivity contribution in [2.45, 2.75) is 52.6 Å². The second-order valence-corrected chi connectivity index (χ2v) is 4.92. The van der Waals surface area contributed by atoms with Gasteiger partial charge in [-0.3, -0.25) is 4.90 Å². The van der Waals surface area contributed by atoms with Gasteiger partial charge in [-0.2, -0.15) is 5.26 Å². The fraction of sp³-hybridized carbons (Fsp3) is 0.909. The molecule has 2 unspecified atom stereocenters. The molecule has 1 saturated heterocycles. The third kappa shape index (κ3) is 2.45. The van der Waals surface area contributed by atoms with Gasteiger partial charge in [0.1, 0.15) is 0 Å². The van der Waals surface area contributed by atoms with Gasteiger partial charge in [-0.15, -0.1) is 0 Å². The second-order valence-electron chi connectivity index (χ2n) is 4.92. The van der Waals surface area contributed by atoms with Gasteiger partial charge >= 0.3 is 0 Å². The summed E-state index contributed by atoms with van der Waals surface area (Å²) in [6.07, 6.45) is 2.30. The van der Waals surface area contributed by atoms with E-state index in [1.807, 2.05) is 13.8 Å². The molecule has 1 heterocycles. The lowest BCUT2D eigenvalue weighted by Crippen LogP contribution is -2.53. The summed E-state index contributed by atoms with van der Waals surface area (Å²) >= 11 is 0. The summed E-state index contributed by atoms with van der Waals surface area (Å²) in [7, 11) is 0. The maximum Gasteiger partial charge on any atom is 0.0684 e. The largest absolute Gasteiger partial charge is 0.298 e. The van der Waals surface area contributed by atoms with E-state index in [4.69, 9.17) is 5.26 Å². The number of hydrogen-bond acceptors (Lipinski definition) is 2. The first-order valence-corrected chi connectivity index (χ1v) is 5.13. The Labute approximate surface area is 81.5 Å². The van der Waals surface area contributed by atoms with E-state index < -0.39 is 0 Å². The summed E-state index contributed by atoms with van der Waals surface area (Å²) in [5.74, 6) is 0. The Morgan fingerprint density at radius 2 is 1.92 bits per heavy atom. The van der Waals surface area contributed by atoms with Gasteiger partial charge in [0.2, 0.25) is 0 Å². The first-order valence-electron chi connectivity index (χ1n) is 5.13. The average molecular weight is 180 g/mol. The Bertz CT molecular complexity index is 207. The molecule has 0 aromatic heterocycles. The van der Waals surface area contributed by atoms with E-state index in [2.05, 4.69) is 24.8 Å². The van der Waals surface area contributed by atoms with Crippen molar-refractivity contribution in [3.63, 3.8) is 0 Å². The summed E-state index contributed by atoms with van der Waals surface area (Å²) in [5.41, 5.74) is -0.158. The normalized spacial score (nSPS) is 29.5. The minimum Gasteiger partial charge on any atom is -0.298 e. The van der Waals surface area contributed by atoms with Crippen LogP contribution in [-0.4, -0.2) is 23.5 Å². The predicted molar refractivity (Wildman–Crippen MR) is 54.3 cm³/mol. The highest BCUT2D eigenvalue weighted by Crippen LogP contribution is 2.28. The van der Waals surface area contributed by atoms with Gasteiger partial charge in [0.05, 0.1) is 11.5 Å². The number of hydrogen-bond donors (Lipinski definition) is 0. The van der Waals surface area contributed by atoms with E-state index in [-0.39, 0.29) is 5.41 Å². The van der Waals surface area contributed by atoms with Crippen molar-refractivity contribution in [1.29, 1.82) is 5.26 Å². The standard InChI is InChI=1S/C11H20N2/c1-9-7-10(2)13(9)6-5-11(3,4)8-12/h9-10H,5-7H2,1-4H3. The summed E-state index contributed by atoms with van der Waals surface area (Å²) < 4.78 is 0. The van der Waals surface area contributed by atoms with E-state index in [0.29, 0.717) is 0 Å². The van der Waals surface area contributed by atoms with Crippen molar-refractivity contribution in [2.24, 2.45) is 5.41 Å². The van der Waals surface area contributed by atoms with Crippen LogP contribution in [0.25, 0.3) is 0 Å². The van der Waals surface area contributed by atoms with Crippen molar-refractivity contribution >= 4 is 0 Å². The molecule has 0 amide bonds. The molecule has 1 aliphatic rings. The van der Waals surface area contributed by atoms with Crippen LogP contribution in [0.1, 0.15) is 40.5 Å². The Kier molecular flexibility index (Phi) is 2.98. The fourth-order valence-electron chi connectivity index (χ4n) is 1.97. The van der Waals surface area contributed by atoms with Gasteiger partial charge in [0.15, 0.2) is 0 Å². The van der Waals surface area contributed by atoms with E-state index in [1.54, 1.807) is 0 Å². The molecule has 0 saturated carbocycles. The minimum atomic E-state index is -0.158. The maximum atomic E-state index is 8.86. The van der Waals surface area contributed by atoms with Crippen LogP contribution in [0.15, 0.2) is 0 Å². The molecule has 1 fully saturated rings. The molecule has 0 bridgehead atoms. The lowest BCUT2D eigenvalue weighted by molar-refractivity contribution is 0.0305. The van der Waals surface area contributed by atoms with Crippen LogP contribution in [0.3, 0.4) is 0 Å². The topological polar surface area (TPSA) is 27.0 Å². The van der Waals surface area contributed by atoms with Crippen molar-refractivity contribution in [1.82, 2.24) is 4.90 Å². The molecule has 0 spiro atoms. The van der Waals surface area contributed by atoms with Crippen LogP contribution in [0, 0.1) is 16.7 Å². The average Bonchev–Trinajstić information content (AvgIpc) is 2.04. The lowest BCUT2D eigenvalue weighted by atomic mass is 9.88. The van der Waals surface area contributed by atoms with E-state index in [9.17, 15) is 0 Å². The summed E-state index contributed by atoms with van der Waals surface area (Å²) in [6, 6.07) is 3.80. The third-order valence-electron chi connectivity index (χ3n) is 3.11. The molecule has 0 aromatic carbocycles. The van der Waals surface area contributed by atoms with Crippen molar-refractivity contribution < 1.29 is 0 Å². The molecule has 2 heteroatoms. The van der Waals surface area contributed by atoms with Gasteiger partial charge in [0.25, 0.3) is 0 Å². The third-order valence-corrected chi connectivity index (χ3v) is 3.11. The molecule has 2 atom stereocenters. The van der Waals surface area contributed by atoms with Crippen LogP contribution in [0.2, 0.25) is 0 Å². The zero-order chi connectivity index (χ0) is 10.1. The first-order chi connectivity index (χ1) is 5.96. The minimum absolute atomic E-state index is 0.158. The zero-order valence-electron chi connectivity index (χ0n) is 9.17. The van der Waals surface area contributed by atoms with Crippen molar-refractivity contribution in [3.05, 3.63) is 0 Å². The van der Waals surface area contributed by atoms with Gasteiger partial charge in [-0.1, -0.05) is 0 Å². The Morgan fingerprint density at radius 1 is 1.38 bits per heavy atom. The molecular formula is C11H20N2. The van der Waals surface area contributed by atoms with Crippen LogP contribution < -0.4 is 0 Å². The van der Waals surface area contributed by atoms with Gasteiger partial charge in [0, 0.05) is 18.6 Å². The molecule has 0 N–H and O–H groups in total. The molecule has 0 radical (unpaired) electrons. The highest BCUT2D eigenvalue weighted by Gasteiger charge is 2.32. The van der Waals surface area contributed by atoms with E-state index in [1.165, 1.54) is 6.42 Å². The molecule has 2 nitrogen and oxygen atoms in total. The molecule has 1 rings (SSSR count). The Hall–Kier alpha value is -0.550. The molecule has 0 aliphatic carbocycles. The highest BCUT2D eigenvalue weighted by molar-refractivity contribution is 4.94. The summed E-state index contributed by atoms with van der Waals surface area (Å²) in [5, 5.41) is 8.86. The maximum absolute atomic E-state index is 8.86. The zero-order valence-corrected chi connectivity index (χ0v) is 9.17. The van der Waals surface area contributed by atoms with Crippen molar-refractivity contribution in [3.8, 4) is 6.07 Å². The molecular weight excluding hydrogens is 160 g/mol. The van der Waals surface area contributed by atoms with Crippen LogP contribution in [0.4, 0.5) is 0 Å². The number of nitriles is 1. The summed E-state index contributed by atoms with van der Waals surface area (Å²) in [4.78, 5) is 2.49. The SMILES string of the molecule is CC1CC(C)N1CCC(C)(C)C#N. The van der Waals surface area contributed by atoms with Crippen LogP contribution >= 0.6 is 0 Å². The van der Waals surface area contributed by atoms with Gasteiger partial charge in [-0.25, -0.2) is 0 Å². The van der Waals surface area contributed by atoms with E-state index in [0.717, 1.165) is 25.0 Å². The Balaban J connectivity index is 2.31. The number of rotatable bonds is 3. The number of likely N-dealkylation sites (tertiary alicyclic amines) is 1. The predicted octanol–water partition coefficient (Wildman–Crippen LogP) is 2.41. The number of nitrogens with zero attached hydrogens (tertiary/aromatic N) is 2. The van der Waals surface area contributed by atoms with Gasteiger partial charge in [-0.05, 0) is 40.5 Å². The van der Waals surface area contributed by atoms with Crippen LogP contribution in [0.5, 0.6) is 0 Å². The summed E-state index contributed by atoms with van der Waals surface area (Å²) in [6.45, 7) is 9.63. The molecule has 13 heavy (non-hydrogen) atoms. The van der Waals surface area contributed by atoms with Gasteiger partial charge < -0.3 is 0 Å². The monoisotopic (exact) mass is 180 g/mol. The second kappa shape index (κ2) is 3.67. The van der Waals surface area contributed by atoms with E-state index >= 15 is 0 Å². The Morgan fingerprint density at radius 3 is 2.31 bits per heavy atom.